The fourth-order valence-corrected chi connectivity index (χ4v) is 5.84. The van der Waals surface area contributed by atoms with Crippen molar-refractivity contribution >= 4 is 23.6 Å². The summed E-state index contributed by atoms with van der Waals surface area (Å²) in [5, 5.41) is 9.34. The van der Waals surface area contributed by atoms with Crippen molar-refractivity contribution in [3.05, 3.63) is 148 Å². The molecule has 1 fully saturated rings. The summed E-state index contributed by atoms with van der Waals surface area (Å²) in [6.07, 6.45) is 5.77. The van der Waals surface area contributed by atoms with E-state index in [4.69, 9.17) is 35.8 Å². The summed E-state index contributed by atoms with van der Waals surface area (Å²) in [4.78, 5) is 21.5. The van der Waals surface area contributed by atoms with E-state index < -0.39 is 0 Å². The van der Waals surface area contributed by atoms with Gasteiger partial charge in [-0.15, -0.1) is 0 Å². The summed E-state index contributed by atoms with van der Waals surface area (Å²) >= 11 is 6.52. The van der Waals surface area contributed by atoms with Gasteiger partial charge in [0, 0.05) is 57.4 Å². The van der Waals surface area contributed by atoms with Crippen LogP contribution in [0.4, 0.5) is 0 Å². The molecule has 52 heavy (non-hydrogen) atoms. The highest BCUT2D eigenvalue weighted by Gasteiger charge is 2.20. The number of rotatable bonds is 14. The number of aromatic nitrogens is 1. The number of methoxy groups -OCH3 is 1. The molecule has 1 saturated heterocycles. The minimum Gasteiger partial charge on any atom is -0.497 e. The number of carbonyl (C=O) groups is 1. The van der Waals surface area contributed by atoms with Gasteiger partial charge >= 0.3 is 0 Å². The fourth-order valence-electron chi connectivity index (χ4n) is 5.62. The van der Waals surface area contributed by atoms with Crippen LogP contribution < -0.4 is 18.9 Å². The Morgan fingerprint density at radius 3 is 2.31 bits per heavy atom. The molecular formula is C42H39ClN4O5. The zero-order valence-electron chi connectivity index (χ0n) is 28.9. The molecule has 0 aliphatic carbocycles. The van der Waals surface area contributed by atoms with Crippen LogP contribution in [-0.4, -0.2) is 60.6 Å². The van der Waals surface area contributed by atoms with E-state index in [0.29, 0.717) is 54.3 Å². The predicted molar refractivity (Wildman–Crippen MR) is 201 cm³/mol. The summed E-state index contributed by atoms with van der Waals surface area (Å²) in [5.41, 5.74) is 4.82. The van der Waals surface area contributed by atoms with Gasteiger partial charge in [-0.3, -0.25) is 9.69 Å². The molecule has 1 aromatic heterocycles. The molecule has 0 radical (unpaired) electrons. The van der Waals surface area contributed by atoms with Gasteiger partial charge in [0.25, 0.3) is 0 Å². The van der Waals surface area contributed by atoms with Gasteiger partial charge in [-0.1, -0.05) is 60.1 Å². The molecule has 1 amide bonds. The summed E-state index contributed by atoms with van der Waals surface area (Å²) in [6.45, 7) is 4.76. The zero-order valence-corrected chi connectivity index (χ0v) is 29.7. The van der Waals surface area contributed by atoms with E-state index in [9.17, 15) is 4.79 Å². The largest absolute Gasteiger partial charge is 0.497 e. The number of amides is 1. The first kappa shape index (κ1) is 36.0. The van der Waals surface area contributed by atoms with Gasteiger partial charge in [0.1, 0.15) is 29.6 Å². The van der Waals surface area contributed by atoms with E-state index in [1.54, 1.807) is 61.9 Å². The minimum atomic E-state index is -0.0256. The van der Waals surface area contributed by atoms with Crippen molar-refractivity contribution in [1.82, 2.24) is 14.8 Å². The number of nitriles is 1. The predicted octanol–water partition coefficient (Wildman–Crippen LogP) is 7.97. The Hall–Kier alpha value is -5.82. The van der Waals surface area contributed by atoms with Crippen LogP contribution in [0.1, 0.15) is 27.8 Å². The topological polar surface area (TPSA) is 97.2 Å². The highest BCUT2D eigenvalue weighted by atomic mass is 35.5. The van der Waals surface area contributed by atoms with E-state index in [1.165, 1.54) is 11.1 Å². The van der Waals surface area contributed by atoms with Gasteiger partial charge in [0.2, 0.25) is 11.8 Å². The van der Waals surface area contributed by atoms with Crippen molar-refractivity contribution in [3.8, 4) is 34.9 Å². The van der Waals surface area contributed by atoms with E-state index in [0.717, 1.165) is 48.7 Å². The first-order valence-corrected chi connectivity index (χ1v) is 17.4. The Bertz CT molecular complexity index is 2000. The number of halogens is 1. The second-order valence-electron chi connectivity index (χ2n) is 12.3. The van der Waals surface area contributed by atoms with Crippen LogP contribution in [0.15, 0.2) is 115 Å². The summed E-state index contributed by atoms with van der Waals surface area (Å²) in [5.74, 6) is 2.97. The third-order valence-corrected chi connectivity index (χ3v) is 8.90. The van der Waals surface area contributed by atoms with Gasteiger partial charge in [-0.2, -0.15) is 5.26 Å². The number of nitrogens with zero attached hydrogens (tertiary/aromatic N) is 4. The Morgan fingerprint density at radius 1 is 0.846 bits per heavy atom. The number of benzene rings is 4. The molecule has 9 nitrogen and oxygen atoms in total. The van der Waals surface area contributed by atoms with Crippen molar-refractivity contribution in [3.63, 3.8) is 0 Å². The van der Waals surface area contributed by atoms with Crippen molar-refractivity contribution in [1.29, 1.82) is 5.26 Å². The molecule has 2 heterocycles. The number of hydrogen-bond acceptors (Lipinski definition) is 8. The van der Waals surface area contributed by atoms with E-state index in [2.05, 4.69) is 40.2 Å². The highest BCUT2D eigenvalue weighted by molar-refractivity contribution is 6.32. The van der Waals surface area contributed by atoms with E-state index in [1.807, 2.05) is 47.4 Å². The lowest BCUT2D eigenvalue weighted by Gasteiger charge is -2.34. The smallest absolute Gasteiger partial charge is 0.246 e. The van der Waals surface area contributed by atoms with Crippen LogP contribution in [-0.2, 0) is 24.4 Å². The second-order valence-corrected chi connectivity index (χ2v) is 12.7. The second kappa shape index (κ2) is 17.9. The van der Waals surface area contributed by atoms with Crippen molar-refractivity contribution < 1.29 is 23.7 Å². The zero-order chi connectivity index (χ0) is 36.1. The van der Waals surface area contributed by atoms with Gasteiger partial charge in [0.05, 0.1) is 36.6 Å². The molecule has 10 heteroatoms. The maximum absolute atomic E-state index is 13.0. The monoisotopic (exact) mass is 714 g/mol. The van der Waals surface area contributed by atoms with Crippen molar-refractivity contribution in [2.24, 2.45) is 0 Å². The maximum atomic E-state index is 13.0. The molecule has 0 N–H and O–H groups in total. The number of carbonyl (C=O) groups excluding carboxylic acids is 1. The summed E-state index contributed by atoms with van der Waals surface area (Å²) < 4.78 is 22.8. The fraction of sp³-hybridized carbons (Fsp3) is 0.214. The molecule has 0 bridgehead atoms. The standard InChI is InChI=1S/C42H39ClN4O5/c1-49-36-3-2-4-37(26-36)50-24-19-31-5-9-34(10-6-31)29-46-20-22-47(23-21-46)42(48)18-14-32-13-16-40(39(43)25-32)52-41-17-15-38(28-45-41)51-30-35-11-7-33(27-44)8-12-35/h2-18,25-26,28H,19-24,29-30H2,1H3. The van der Waals surface area contributed by atoms with Crippen LogP contribution in [0.5, 0.6) is 28.9 Å². The Kier molecular flexibility index (Phi) is 12.4. The molecule has 5 aromatic rings. The molecule has 1 aliphatic heterocycles. The third-order valence-electron chi connectivity index (χ3n) is 8.60. The maximum Gasteiger partial charge on any atom is 0.246 e. The average molecular weight is 715 g/mol. The first-order chi connectivity index (χ1) is 25.4. The molecule has 6 rings (SSSR count). The van der Waals surface area contributed by atoms with Gasteiger partial charge in [-0.05, 0) is 70.8 Å². The Morgan fingerprint density at radius 2 is 1.60 bits per heavy atom. The molecule has 4 aromatic carbocycles. The highest BCUT2D eigenvalue weighted by Crippen LogP contribution is 2.30. The molecule has 0 saturated carbocycles. The van der Waals surface area contributed by atoms with Crippen molar-refractivity contribution in [2.45, 2.75) is 19.6 Å². The summed E-state index contributed by atoms with van der Waals surface area (Å²) in [7, 11) is 1.65. The first-order valence-electron chi connectivity index (χ1n) is 17.0. The average Bonchev–Trinajstić information content (AvgIpc) is 3.19. The molecule has 0 unspecified atom stereocenters. The van der Waals surface area contributed by atoms with E-state index >= 15 is 0 Å². The quantitative estimate of drug-likeness (QED) is 0.107. The lowest BCUT2D eigenvalue weighted by molar-refractivity contribution is -0.127. The number of piperazine rings is 1. The molecular weight excluding hydrogens is 676 g/mol. The van der Waals surface area contributed by atoms with Crippen LogP contribution in [0.2, 0.25) is 5.02 Å². The van der Waals surface area contributed by atoms with Crippen LogP contribution in [0, 0.1) is 11.3 Å². The van der Waals surface area contributed by atoms with Gasteiger partial charge in [0.15, 0.2) is 0 Å². The minimum absolute atomic E-state index is 0.0256. The lowest BCUT2D eigenvalue weighted by Crippen LogP contribution is -2.47. The SMILES string of the molecule is COc1cccc(OCCc2ccc(CN3CCN(C(=O)C=Cc4ccc(Oc5ccc(OCc6ccc(C#N)cc6)cn5)c(Cl)c4)CC3)cc2)c1. The van der Waals surface area contributed by atoms with Gasteiger partial charge < -0.3 is 23.8 Å². The molecule has 1 aliphatic rings. The normalized spacial score (nSPS) is 13.1. The van der Waals surface area contributed by atoms with Crippen LogP contribution in [0.3, 0.4) is 0 Å². The van der Waals surface area contributed by atoms with Crippen molar-refractivity contribution in [2.75, 3.05) is 39.9 Å². The number of ether oxygens (including phenoxy) is 4. The van der Waals surface area contributed by atoms with E-state index in [-0.39, 0.29) is 5.91 Å². The number of hydrogen-bond donors (Lipinski definition) is 0. The van der Waals surface area contributed by atoms with Gasteiger partial charge in [-0.25, -0.2) is 4.98 Å². The third kappa shape index (κ3) is 10.4. The van der Waals surface area contributed by atoms with Crippen LogP contribution in [0.25, 0.3) is 6.08 Å². The lowest BCUT2D eigenvalue weighted by atomic mass is 10.1. The van der Waals surface area contributed by atoms with Crippen LogP contribution >= 0.6 is 11.6 Å². The molecule has 264 valence electrons. The summed E-state index contributed by atoms with van der Waals surface area (Å²) in [6, 6.07) is 34.4. The Labute approximate surface area is 309 Å². The Balaban J connectivity index is 0.907. The molecule has 0 atom stereocenters. The molecule has 0 spiro atoms. The number of pyridine rings is 1.